The smallest absolute Gasteiger partial charge is 0.259 e. The third kappa shape index (κ3) is 11.0. The zero-order valence-corrected chi connectivity index (χ0v) is 19.3. The van der Waals surface area contributed by atoms with E-state index in [2.05, 4.69) is 0 Å². The Bertz CT molecular complexity index is 509. The summed E-state index contributed by atoms with van der Waals surface area (Å²) in [6.45, 7) is 0. The summed E-state index contributed by atoms with van der Waals surface area (Å²) in [5, 5.41) is -2.46. The first-order valence-electron chi connectivity index (χ1n) is 9.90. The second-order valence-electron chi connectivity index (χ2n) is 7.42. The van der Waals surface area contributed by atoms with Crippen molar-refractivity contribution >= 4 is 34.0 Å². The minimum atomic E-state index is -5.82. The number of hydrogen-bond donors (Lipinski definition) is 0. The molecule has 0 N–H and O–H groups in total. The second kappa shape index (κ2) is 13.8. The molecule has 0 fully saturated rings. The maximum atomic E-state index is 13.3. The molecular formula is C18H26Cl2F10OS. The third-order valence-corrected chi connectivity index (χ3v) is 7.66. The molecule has 0 aliphatic rings. The van der Waals surface area contributed by atoms with Crippen LogP contribution in [0.2, 0.25) is 0 Å². The molecule has 32 heavy (non-hydrogen) atoms. The molecule has 0 aliphatic carbocycles. The fraction of sp³-hybridized carbons (Fsp3) is 1.00. The van der Waals surface area contributed by atoms with Crippen molar-refractivity contribution in [3.05, 3.63) is 0 Å². The summed E-state index contributed by atoms with van der Waals surface area (Å²) < 4.78 is 141. The van der Waals surface area contributed by atoms with Gasteiger partial charge in [-0.2, -0.15) is 43.9 Å². The minimum absolute atomic E-state index is 0.0745. The van der Waals surface area contributed by atoms with Gasteiger partial charge in [-0.25, -0.2) is 0 Å². The maximum absolute atomic E-state index is 13.3. The van der Waals surface area contributed by atoms with Crippen molar-refractivity contribution in [2.24, 2.45) is 0 Å². The highest BCUT2D eigenvalue weighted by Gasteiger charge is 2.58. The fourth-order valence-corrected chi connectivity index (χ4v) is 5.35. The molecule has 0 heterocycles. The molecule has 2 unspecified atom stereocenters. The predicted octanol–water partition coefficient (Wildman–Crippen LogP) is 8.25. The summed E-state index contributed by atoms with van der Waals surface area (Å²) in [4.78, 5) is 0. The van der Waals surface area contributed by atoms with Crippen LogP contribution in [0, 0.1) is 0 Å². The molecule has 0 amide bonds. The Labute approximate surface area is 193 Å². The number of hydrogen-bond acceptors (Lipinski definition) is 1. The first-order chi connectivity index (χ1) is 14.5. The molecule has 1 nitrogen and oxygen atoms in total. The SMILES string of the molecule is O=S(C(CCCCCl)CCC(F)(F)C(F)(F)F)C(CCCCCl)CCC(F)(F)C(F)(F)F. The van der Waals surface area contributed by atoms with Crippen molar-refractivity contribution in [2.75, 3.05) is 11.8 Å². The van der Waals surface area contributed by atoms with Gasteiger partial charge in [0, 0.05) is 45.9 Å². The molecule has 0 rings (SSSR count). The zero-order chi connectivity index (χ0) is 25.2. The quantitative estimate of drug-likeness (QED) is 0.107. The molecule has 0 aromatic carbocycles. The number of rotatable bonds is 16. The molecule has 0 aromatic rings. The van der Waals surface area contributed by atoms with Gasteiger partial charge in [-0.15, -0.1) is 23.2 Å². The largest absolute Gasteiger partial charge is 0.453 e. The average molecular weight is 551 g/mol. The average Bonchev–Trinajstić information content (AvgIpc) is 2.65. The number of alkyl halides is 12. The number of halogens is 12. The second-order valence-corrected chi connectivity index (χ2v) is 10.2. The van der Waals surface area contributed by atoms with E-state index in [1.165, 1.54) is 0 Å². The zero-order valence-electron chi connectivity index (χ0n) is 17.0. The van der Waals surface area contributed by atoms with Crippen molar-refractivity contribution in [3.8, 4) is 0 Å². The van der Waals surface area contributed by atoms with Crippen molar-refractivity contribution in [3.63, 3.8) is 0 Å². The highest BCUT2D eigenvalue weighted by atomic mass is 35.5. The molecule has 0 spiro atoms. The molecule has 0 bridgehead atoms. The van der Waals surface area contributed by atoms with Crippen molar-refractivity contribution in [1.29, 1.82) is 0 Å². The molecule has 2 atom stereocenters. The molecule has 0 saturated heterocycles. The lowest BCUT2D eigenvalue weighted by Gasteiger charge is -2.27. The van der Waals surface area contributed by atoms with Gasteiger partial charge in [0.25, 0.3) is 0 Å². The Morgan fingerprint density at radius 3 is 1.12 bits per heavy atom. The Kier molecular flexibility index (Phi) is 13.8. The van der Waals surface area contributed by atoms with Gasteiger partial charge in [0.15, 0.2) is 0 Å². The summed E-state index contributed by atoms with van der Waals surface area (Å²) in [5.41, 5.74) is 0. The first kappa shape index (κ1) is 32.0. The van der Waals surface area contributed by atoms with E-state index in [0.717, 1.165) is 0 Å². The lowest BCUT2D eigenvalue weighted by molar-refractivity contribution is -0.284. The van der Waals surface area contributed by atoms with Crippen LogP contribution in [-0.4, -0.2) is 50.7 Å². The van der Waals surface area contributed by atoms with E-state index in [-0.39, 0.29) is 37.4 Å². The lowest BCUT2D eigenvalue weighted by Crippen LogP contribution is -2.39. The topological polar surface area (TPSA) is 17.1 Å². The molecule has 0 radical (unpaired) electrons. The first-order valence-corrected chi connectivity index (χ1v) is 12.2. The van der Waals surface area contributed by atoms with E-state index >= 15 is 0 Å². The summed E-state index contributed by atoms with van der Waals surface area (Å²) in [5.74, 6) is -9.79. The number of unbranched alkanes of at least 4 members (excludes halogenated alkanes) is 2. The van der Waals surface area contributed by atoms with Crippen LogP contribution < -0.4 is 0 Å². The van der Waals surface area contributed by atoms with Crippen molar-refractivity contribution in [2.45, 2.75) is 98.9 Å². The molecule has 14 heteroatoms. The summed E-state index contributed by atoms with van der Waals surface area (Å²) in [6.07, 6.45) is -15.6. The van der Waals surface area contributed by atoms with Crippen LogP contribution in [0.5, 0.6) is 0 Å². The van der Waals surface area contributed by atoms with Gasteiger partial charge in [-0.1, -0.05) is 12.8 Å². The standard InChI is InChI=1S/C18H26Cl2F10OS/c19-11-3-1-5-13(7-9-15(21,22)17(25,26)27)32(31)14(6-2-4-12-20)8-10-16(23,24)18(28,29)30/h13-14H,1-12H2. The van der Waals surface area contributed by atoms with Crippen LogP contribution in [-0.2, 0) is 10.8 Å². The van der Waals surface area contributed by atoms with E-state index < -0.39 is 71.2 Å². The van der Waals surface area contributed by atoms with Crippen LogP contribution in [0.4, 0.5) is 43.9 Å². The van der Waals surface area contributed by atoms with Gasteiger partial charge in [-0.3, -0.25) is 4.21 Å². The van der Waals surface area contributed by atoms with Gasteiger partial charge in [-0.05, 0) is 38.5 Å². The van der Waals surface area contributed by atoms with Crippen LogP contribution >= 0.6 is 23.2 Å². The molecule has 0 aromatic heterocycles. The normalized spacial score (nSPS) is 16.8. The van der Waals surface area contributed by atoms with Crippen LogP contribution in [0.1, 0.15) is 64.2 Å². The lowest BCUT2D eigenvalue weighted by atomic mass is 10.1. The van der Waals surface area contributed by atoms with E-state index in [1.807, 2.05) is 0 Å². The molecular weight excluding hydrogens is 525 g/mol. The van der Waals surface area contributed by atoms with E-state index in [4.69, 9.17) is 23.2 Å². The predicted molar refractivity (Wildman–Crippen MR) is 105 cm³/mol. The molecule has 0 aliphatic heterocycles. The molecule has 194 valence electrons. The summed E-state index contributed by atoms with van der Waals surface area (Å²) >= 11 is 11.0. The van der Waals surface area contributed by atoms with E-state index in [0.29, 0.717) is 12.8 Å². The highest BCUT2D eigenvalue weighted by Crippen LogP contribution is 2.42. The van der Waals surface area contributed by atoms with Crippen molar-refractivity contribution < 1.29 is 48.1 Å². The van der Waals surface area contributed by atoms with Gasteiger partial charge >= 0.3 is 24.2 Å². The monoisotopic (exact) mass is 550 g/mol. The fourth-order valence-electron chi connectivity index (χ4n) is 2.93. The molecule has 0 saturated carbocycles. The van der Waals surface area contributed by atoms with E-state index in [9.17, 15) is 48.1 Å². The van der Waals surface area contributed by atoms with Gasteiger partial charge in [0.2, 0.25) is 0 Å². The van der Waals surface area contributed by atoms with E-state index in [1.54, 1.807) is 0 Å². The van der Waals surface area contributed by atoms with Crippen LogP contribution in [0.15, 0.2) is 0 Å². The van der Waals surface area contributed by atoms with Crippen molar-refractivity contribution in [1.82, 2.24) is 0 Å². The van der Waals surface area contributed by atoms with Gasteiger partial charge in [0.1, 0.15) is 0 Å². The maximum Gasteiger partial charge on any atom is 0.453 e. The highest BCUT2D eigenvalue weighted by molar-refractivity contribution is 7.86. The Morgan fingerprint density at radius 2 is 0.875 bits per heavy atom. The summed E-state index contributed by atoms with van der Waals surface area (Å²) in [6, 6.07) is 0. The van der Waals surface area contributed by atoms with Gasteiger partial charge in [0.05, 0.1) is 0 Å². The Balaban J connectivity index is 5.51. The Hall–Kier alpha value is 0.0300. The third-order valence-electron chi connectivity index (χ3n) is 4.87. The summed E-state index contributed by atoms with van der Waals surface area (Å²) in [7, 11) is -2.21. The van der Waals surface area contributed by atoms with Crippen LogP contribution in [0.25, 0.3) is 0 Å². The Morgan fingerprint density at radius 1 is 0.562 bits per heavy atom. The minimum Gasteiger partial charge on any atom is -0.259 e. The van der Waals surface area contributed by atoms with Crippen LogP contribution in [0.3, 0.4) is 0 Å². The van der Waals surface area contributed by atoms with Gasteiger partial charge < -0.3 is 0 Å².